The van der Waals surface area contributed by atoms with Crippen LogP contribution in [0.5, 0.6) is 0 Å². The van der Waals surface area contributed by atoms with E-state index in [1.54, 1.807) is 0 Å². The topological polar surface area (TPSA) is 109 Å². The zero-order chi connectivity index (χ0) is 20.7. The molecule has 0 aliphatic carbocycles. The lowest BCUT2D eigenvalue weighted by Crippen LogP contribution is -2.59. The summed E-state index contributed by atoms with van der Waals surface area (Å²) >= 11 is 0. The predicted octanol–water partition coefficient (Wildman–Crippen LogP) is 1.21. The van der Waals surface area contributed by atoms with E-state index in [4.69, 9.17) is 14.2 Å². The second kappa shape index (κ2) is 10.6. The molecular formula is C21H34O7. The second-order valence-corrected chi connectivity index (χ2v) is 8.51. The summed E-state index contributed by atoms with van der Waals surface area (Å²) in [6.07, 6.45) is -4.94. The summed E-state index contributed by atoms with van der Waals surface area (Å²) in [4.78, 5) is 0. The van der Waals surface area contributed by atoms with Gasteiger partial charge in [-0.05, 0) is 30.2 Å². The van der Waals surface area contributed by atoms with Crippen molar-refractivity contribution in [3.63, 3.8) is 0 Å². The third-order valence-corrected chi connectivity index (χ3v) is 4.58. The second-order valence-electron chi connectivity index (χ2n) is 8.51. The van der Waals surface area contributed by atoms with Gasteiger partial charge in [-0.15, -0.1) is 0 Å². The highest BCUT2D eigenvalue weighted by molar-refractivity contribution is 5.14. The van der Waals surface area contributed by atoms with Crippen LogP contribution >= 0.6 is 0 Å². The Kier molecular flexibility index (Phi) is 8.82. The number of aryl methyl sites for hydroxylation is 1. The van der Waals surface area contributed by atoms with E-state index in [9.17, 15) is 20.4 Å². The summed E-state index contributed by atoms with van der Waals surface area (Å²) < 4.78 is 17.2. The van der Waals surface area contributed by atoms with Gasteiger partial charge in [0.25, 0.3) is 0 Å². The maximum atomic E-state index is 10.2. The first-order valence-electron chi connectivity index (χ1n) is 9.83. The zero-order valence-corrected chi connectivity index (χ0v) is 16.9. The first-order valence-corrected chi connectivity index (χ1v) is 9.83. The molecule has 1 heterocycles. The van der Waals surface area contributed by atoms with Crippen LogP contribution in [0, 0.1) is 5.41 Å². The van der Waals surface area contributed by atoms with Gasteiger partial charge in [-0.2, -0.15) is 0 Å². The van der Waals surface area contributed by atoms with E-state index >= 15 is 0 Å². The fourth-order valence-electron chi connectivity index (χ4n) is 2.98. The zero-order valence-electron chi connectivity index (χ0n) is 16.9. The van der Waals surface area contributed by atoms with Gasteiger partial charge < -0.3 is 34.6 Å². The molecule has 28 heavy (non-hydrogen) atoms. The van der Waals surface area contributed by atoms with Crippen LogP contribution in [0.15, 0.2) is 30.3 Å². The molecule has 1 aromatic rings. The average Bonchev–Trinajstić information content (AvgIpc) is 2.66. The predicted molar refractivity (Wildman–Crippen MR) is 103 cm³/mol. The number of ether oxygens (including phenoxy) is 3. The minimum absolute atomic E-state index is 0.0730. The van der Waals surface area contributed by atoms with Crippen molar-refractivity contribution in [2.45, 2.75) is 77.0 Å². The summed E-state index contributed by atoms with van der Waals surface area (Å²) in [5, 5.41) is 39.4. The van der Waals surface area contributed by atoms with Gasteiger partial charge in [0.05, 0.1) is 13.2 Å². The molecular weight excluding hydrogens is 364 g/mol. The van der Waals surface area contributed by atoms with Crippen LogP contribution in [0.25, 0.3) is 0 Å². The van der Waals surface area contributed by atoms with Crippen molar-refractivity contribution in [1.29, 1.82) is 0 Å². The molecule has 1 saturated heterocycles. The Morgan fingerprint density at radius 1 is 1.04 bits per heavy atom. The summed E-state index contributed by atoms with van der Waals surface area (Å²) in [6.45, 7) is 6.08. The average molecular weight is 398 g/mol. The summed E-state index contributed by atoms with van der Waals surface area (Å²) in [5.74, 6) is 0. The van der Waals surface area contributed by atoms with Crippen molar-refractivity contribution >= 4 is 0 Å². The molecule has 160 valence electrons. The van der Waals surface area contributed by atoms with Crippen LogP contribution in [-0.4, -0.2) is 70.6 Å². The smallest absolute Gasteiger partial charge is 0.189 e. The number of hydrogen-bond acceptors (Lipinski definition) is 7. The van der Waals surface area contributed by atoms with E-state index in [-0.39, 0.29) is 5.41 Å². The lowest BCUT2D eigenvalue weighted by Gasteiger charge is -2.41. The van der Waals surface area contributed by atoms with Crippen LogP contribution in [0.1, 0.15) is 39.2 Å². The molecule has 7 nitrogen and oxygen atoms in total. The van der Waals surface area contributed by atoms with Crippen molar-refractivity contribution in [2.24, 2.45) is 5.41 Å². The van der Waals surface area contributed by atoms with E-state index in [0.717, 1.165) is 12.8 Å². The first kappa shape index (κ1) is 23.2. The fraction of sp³-hybridized carbons (Fsp3) is 0.714. The lowest BCUT2D eigenvalue weighted by molar-refractivity contribution is -0.339. The van der Waals surface area contributed by atoms with E-state index < -0.39 is 43.6 Å². The molecule has 0 spiro atoms. The highest BCUT2D eigenvalue weighted by Crippen LogP contribution is 2.25. The van der Waals surface area contributed by atoms with Crippen molar-refractivity contribution in [1.82, 2.24) is 0 Å². The third kappa shape index (κ3) is 7.08. The Hall–Kier alpha value is -1.06. The molecule has 0 bridgehead atoms. The van der Waals surface area contributed by atoms with Crippen LogP contribution < -0.4 is 0 Å². The van der Waals surface area contributed by atoms with E-state index in [1.165, 1.54) is 5.56 Å². The first-order chi connectivity index (χ1) is 13.2. The van der Waals surface area contributed by atoms with E-state index in [0.29, 0.717) is 13.0 Å². The van der Waals surface area contributed by atoms with Gasteiger partial charge in [0.1, 0.15) is 24.4 Å². The highest BCUT2D eigenvalue weighted by atomic mass is 16.8. The molecule has 0 saturated carbocycles. The van der Waals surface area contributed by atoms with Crippen LogP contribution in [0.2, 0.25) is 0 Å². The molecule has 2 rings (SSSR count). The lowest BCUT2D eigenvalue weighted by atomic mass is 9.98. The maximum Gasteiger partial charge on any atom is 0.189 e. The summed E-state index contributed by atoms with van der Waals surface area (Å²) in [5.41, 5.74) is 1.14. The van der Waals surface area contributed by atoms with Gasteiger partial charge in [-0.25, -0.2) is 0 Å². The largest absolute Gasteiger partial charge is 0.394 e. The Balaban J connectivity index is 1.97. The number of aliphatic hydroxyl groups is 4. The number of benzene rings is 1. The van der Waals surface area contributed by atoms with Crippen molar-refractivity contribution in [3.8, 4) is 0 Å². The Morgan fingerprint density at radius 2 is 1.71 bits per heavy atom. The molecule has 0 amide bonds. The minimum atomic E-state index is -1.47. The van der Waals surface area contributed by atoms with Crippen LogP contribution in [-0.2, 0) is 20.6 Å². The van der Waals surface area contributed by atoms with Gasteiger partial charge >= 0.3 is 0 Å². The van der Waals surface area contributed by atoms with E-state index in [2.05, 4.69) is 12.1 Å². The number of rotatable bonds is 9. The Labute approximate surface area is 166 Å². The molecule has 1 aromatic carbocycles. The number of hydrogen-bond donors (Lipinski definition) is 4. The molecule has 6 atom stereocenters. The highest BCUT2D eigenvalue weighted by Gasteiger charge is 2.45. The standard InChI is InChI=1S/C21H34O7/c1-21(2,3)13-26-16(11-7-10-14-8-5-4-6-9-14)28-20-19(25)18(24)17(23)15(12-22)27-20/h4-6,8-9,15-20,22-25H,7,10-13H2,1-3H3/t15-,16?,17-,18+,19-,20+/m1/s1. The molecule has 7 heteroatoms. The number of aliphatic hydroxyl groups excluding tert-OH is 4. The molecule has 1 unspecified atom stereocenters. The summed E-state index contributed by atoms with van der Waals surface area (Å²) in [7, 11) is 0. The van der Waals surface area contributed by atoms with Gasteiger partial charge in [0.15, 0.2) is 12.6 Å². The van der Waals surface area contributed by atoms with Gasteiger partial charge in [-0.1, -0.05) is 51.1 Å². The summed E-state index contributed by atoms with van der Waals surface area (Å²) in [6, 6.07) is 10.1. The monoisotopic (exact) mass is 398 g/mol. The van der Waals surface area contributed by atoms with Gasteiger partial charge in [0.2, 0.25) is 0 Å². The molecule has 4 N–H and O–H groups in total. The normalized spacial score (nSPS) is 29.6. The Morgan fingerprint density at radius 3 is 2.32 bits per heavy atom. The quantitative estimate of drug-likeness (QED) is 0.463. The van der Waals surface area contributed by atoms with Gasteiger partial charge in [-0.3, -0.25) is 0 Å². The van der Waals surface area contributed by atoms with Gasteiger partial charge in [0, 0.05) is 0 Å². The molecule has 1 aliphatic rings. The van der Waals surface area contributed by atoms with Crippen molar-refractivity contribution in [2.75, 3.05) is 13.2 Å². The van der Waals surface area contributed by atoms with Crippen molar-refractivity contribution in [3.05, 3.63) is 35.9 Å². The van der Waals surface area contributed by atoms with Crippen molar-refractivity contribution < 1.29 is 34.6 Å². The molecule has 0 radical (unpaired) electrons. The molecule has 1 aliphatic heterocycles. The van der Waals surface area contributed by atoms with E-state index in [1.807, 2.05) is 39.0 Å². The minimum Gasteiger partial charge on any atom is -0.394 e. The maximum absolute atomic E-state index is 10.2. The SMILES string of the molecule is CC(C)(C)COC(CCCc1ccccc1)O[C@@H]1O[C@H](CO)[C@@H](O)[C@H](O)[C@H]1O. The van der Waals surface area contributed by atoms with Crippen LogP contribution in [0.3, 0.4) is 0 Å². The fourth-order valence-corrected chi connectivity index (χ4v) is 2.98. The molecule has 0 aromatic heterocycles. The third-order valence-electron chi connectivity index (χ3n) is 4.58. The van der Waals surface area contributed by atoms with Crippen LogP contribution in [0.4, 0.5) is 0 Å². The molecule has 1 fully saturated rings. The Bertz CT molecular complexity index is 558.